The first-order valence-electron chi connectivity index (χ1n) is 14.5. The van der Waals surface area contributed by atoms with E-state index < -0.39 is 15.0 Å². The average molecular weight is 689 g/mol. The first-order valence-corrected chi connectivity index (χ1v) is 16.7. The Morgan fingerprint density at radius 2 is 1.11 bits per heavy atom. The molecule has 0 saturated heterocycles. The van der Waals surface area contributed by atoms with Crippen LogP contribution in [-0.2, 0) is 23.0 Å². The highest BCUT2D eigenvalue weighted by Gasteiger charge is 2.16. The van der Waals surface area contributed by atoms with Crippen molar-refractivity contribution in [3.05, 3.63) is 128 Å². The Hall–Kier alpha value is -4.42. The number of hydrogen-bond donors (Lipinski definition) is 1. The number of rotatable bonds is 9. The molecule has 0 saturated carbocycles. The monoisotopic (exact) mass is 687 g/mol. The lowest BCUT2D eigenvalue weighted by atomic mass is 10.0. The van der Waals surface area contributed by atoms with Gasteiger partial charge < -0.3 is 0 Å². The number of benzene rings is 4. The van der Waals surface area contributed by atoms with Crippen molar-refractivity contribution in [1.29, 1.82) is 0 Å². The van der Waals surface area contributed by atoms with E-state index in [2.05, 4.69) is 36.5 Å². The van der Waals surface area contributed by atoms with Crippen molar-refractivity contribution < 1.29 is 13.0 Å². The predicted molar refractivity (Wildman–Crippen MR) is 183 cm³/mol. The summed E-state index contributed by atoms with van der Waals surface area (Å²) in [6.07, 6.45) is 1.04. The minimum absolute atomic E-state index is 0.101. The number of nitrogens with zero attached hydrogens (tertiary/aromatic N) is 7. The van der Waals surface area contributed by atoms with Gasteiger partial charge in [-0.05, 0) is 123 Å². The van der Waals surface area contributed by atoms with E-state index in [1.165, 1.54) is 18.2 Å². The Morgan fingerprint density at radius 3 is 1.62 bits per heavy atom. The molecule has 1 heterocycles. The largest absolute Gasteiger partial charge is 0.296 e. The van der Waals surface area contributed by atoms with Crippen molar-refractivity contribution in [2.45, 2.75) is 52.4 Å². The molecule has 0 spiro atoms. The van der Waals surface area contributed by atoms with Gasteiger partial charge in [0.15, 0.2) is 0 Å². The minimum Gasteiger partial charge on any atom is -0.282 e. The molecular weight excluding hydrogens is 657 g/mol. The molecule has 0 amide bonds. The fraction of sp³-hybridized carbons (Fsp3) is 0.206. The van der Waals surface area contributed by atoms with Crippen molar-refractivity contribution in [3.63, 3.8) is 0 Å². The molecule has 5 aromatic rings. The van der Waals surface area contributed by atoms with Crippen LogP contribution in [0.4, 0.5) is 22.7 Å². The van der Waals surface area contributed by atoms with Crippen LogP contribution in [0.5, 0.6) is 0 Å². The Labute approximate surface area is 283 Å². The lowest BCUT2D eigenvalue weighted by Crippen LogP contribution is -2.08. The molecule has 5 rings (SSSR count). The highest BCUT2D eigenvalue weighted by atomic mass is 35.5. The number of halogens is 2. The van der Waals surface area contributed by atoms with Crippen LogP contribution in [0.15, 0.2) is 92.1 Å². The van der Waals surface area contributed by atoms with Gasteiger partial charge in [0, 0.05) is 17.9 Å². The van der Waals surface area contributed by atoms with Gasteiger partial charge in [-0.25, -0.2) is 15.0 Å². The molecule has 0 unspecified atom stereocenters. The highest BCUT2D eigenvalue weighted by Crippen LogP contribution is 2.31. The Kier molecular flexibility index (Phi) is 10.2. The molecule has 0 bridgehead atoms. The van der Waals surface area contributed by atoms with Gasteiger partial charge in [0.25, 0.3) is 10.1 Å². The van der Waals surface area contributed by atoms with Crippen LogP contribution in [0.25, 0.3) is 0 Å². The van der Waals surface area contributed by atoms with E-state index in [0.29, 0.717) is 41.0 Å². The summed E-state index contributed by atoms with van der Waals surface area (Å²) in [7, 11) is -4.49. The summed E-state index contributed by atoms with van der Waals surface area (Å²) >= 11 is 11.9. The summed E-state index contributed by atoms with van der Waals surface area (Å²) in [6.45, 7) is 9.79. The van der Waals surface area contributed by atoms with Crippen LogP contribution in [0.1, 0.15) is 50.9 Å². The first-order chi connectivity index (χ1) is 22.2. The second-order valence-electron chi connectivity index (χ2n) is 11.2. The fourth-order valence-corrected chi connectivity index (χ4v) is 6.02. The topological polar surface area (TPSA) is 142 Å². The maximum Gasteiger partial charge on any atom is 0.296 e. The smallest absolute Gasteiger partial charge is 0.282 e. The van der Waals surface area contributed by atoms with Crippen LogP contribution < -0.4 is 0 Å². The van der Waals surface area contributed by atoms with Gasteiger partial charge in [-0.2, -0.15) is 28.9 Å². The molecule has 4 aromatic carbocycles. The van der Waals surface area contributed by atoms with Crippen molar-refractivity contribution in [2.75, 3.05) is 0 Å². The standard InChI is InChI=1S/C34H31Cl2N7O3S/c1-19-14-30(42-40-27-8-6-26(35)7-9-27)21(3)12-24(19)16-33-37-23(5)38-34(39-33)17-25-13-22(4)31(15-20(25)2)43-41-28-10-11-29(36)32(18-28)47(44,45)46/h6-15,18H,16-17H2,1-5H3,(H,44,45,46). The molecule has 1 N–H and O–H groups in total. The SMILES string of the molecule is Cc1nc(Cc2cc(C)c(N=Nc3ccc(Cl)cc3)cc2C)nc(Cc2cc(C)c(N=Nc3ccc(Cl)c(S(=O)(=O)O)c3)cc2C)n1. The summed E-state index contributed by atoms with van der Waals surface area (Å²) in [6, 6.07) is 19.3. The lowest BCUT2D eigenvalue weighted by Gasteiger charge is -2.12. The minimum atomic E-state index is -4.49. The van der Waals surface area contributed by atoms with Crippen LogP contribution in [0.3, 0.4) is 0 Å². The van der Waals surface area contributed by atoms with Crippen molar-refractivity contribution >= 4 is 56.1 Å². The van der Waals surface area contributed by atoms with Crippen molar-refractivity contribution in [1.82, 2.24) is 15.0 Å². The van der Waals surface area contributed by atoms with Gasteiger partial charge in [0.1, 0.15) is 22.4 Å². The maximum atomic E-state index is 11.6. The third-order valence-electron chi connectivity index (χ3n) is 7.41. The van der Waals surface area contributed by atoms with Crippen molar-refractivity contribution in [2.24, 2.45) is 20.5 Å². The lowest BCUT2D eigenvalue weighted by molar-refractivity contribution is 0.483. The third-order valence-corrected chi connectivity index (χ3v) is 9.00. The molecule has 0 fully saturated rings. The number of aromatic nitrogens is 3. The van der Waals surface area contributed by atoms with Gasteiger partial charge in [-0.3, -0.25) is 4.55 Å². The molecule has 0 aliphatic rings. The number of hydrogen-bond acceptors (Lipinski definition) is 9. The molecule has 47 heavy (non-hydrogen) atoms. The zero-order chi connectivity index (χ0) is 33.9. The molecule has 0 aliphatic carbocycles. The van der Waals surface area contributed by atoms with Crippen LogP contribution in [0.2, 0.25) is 10.0 Å². The van der Waals surface area contributed by atoms with Gasteiger partial charge in [-0.15, -0.1) is 0 Å². The first kappa shape index (κ1) is 33.9. The fourth-order valence-electron chi connectivity index (χ4n) is 4.90. The van der Waals surface area contributed by atoms with Gasteiger partial charge in [0.2, 0.25) is 0 Å². The van der Waals surface area contributed by atoms with Gasteiger partial charge in [-0.1, -0.05) is 35.3 Å². The molecule has 0 radical (unpaired) electrons. The third kappa shape index (κ3) is 8.69. The second-order valence-corrected chi connectivity index (χ2v) is 13.4. The molecular formula is C34H31Cl2N7O3S. The second kappa shape index (κ2) is 14.1. The van der Waals surface area contributed by atoms with Crippen molar-refractivity contribution in [3.8, 4) is 0 Å². The van der Waals surface area contributed by atoms with E-state index in [4.69, 9.17) is 28.2 Å². The Balaban J connectivity index is 1.33. The van der Waals surface area contributed by atoms with E-state index in [9.17, 15) is 13.0 Å². The van der Waals surface area contributed by atoms with E-state index in [1.54, 1.807) is 12.1 Å². The van der Waals surface area contributed by atoms with Crippen LogP contribution >= 0.6 is 23.2 Å². The van der Waals surface area contributed by atoms with Gasteiger partial charge in [0.05, 0.1) is 27.8 Å². The average Bonchev–Trinajstić information content (AvgIpc) is 2.99. The zero-order valence-electron chi connectivity index (χ0n) is 26.3. The van der Waals surface area contributed by atoms with Crippen LogP contribution in [-0.4, -0.2) is 27.9 Å². The number of aryl methyl sites for hydroxylation is 5. The summed E-state index contributed by atoms with van der Waals surface area (Å²) in [5.41, 5.74) is 8.37. The molecule has 0 aliphatic heterocycles. The normalized spacial score (nSPS) is 12.0. The van der Waals surface area contributed by atoms with E-state index in [0.717, 1.165) is 44.8 Å². The summed E-state index contributed by atoms with van der Waals surface area (Å²) < 4.78 is 32.6. The number of azo groups is 2. The van der Waals surface area contributed by atoms with Crippen LogP contribution in [0, 0.1) is 34.6 Å². The summed E-state index contributed by atoms with van der Waals surface area (Å²) in [4.78, 5) is 13.6. The predicted octanol–water partition coefficient (Wildman–Crippen LogP) is 9.98. The maximum absolute atomic E-state index is 11.6. The zero-order valence-corrected chi connectivity index (χ0v) is 28.7. The molecule has 1 aromatic heterocycles. The summed E-state index contributed by atoms with van der Waals surface area (Å²) in [5.74, 6) is 1.98. The summed E-state index contributed by atoms with van der Waals surface area (Å²) in [5, 5.41) is 17.8. The quantitative estimate of drug-likeness (QED) is 0.121. The molecule has 0 atom stereocenters. The van der Waals surface area contributed by atoms with E-state index in [-0.39, 0.29) is 10.7 Å². The molecule has 10 nitrogen and oxygen atoms in total. The Bertz CT molecular complexity index is 2150. The van der Waals surface area contributed by atoms with E-state index in [1.807, 2.05) is 65.0 Å². The van der Waals surface area contributed by atoms with Gasteiger partial charge >= 0.3 is 0 Å². The molecule has 13 heteroatoms. The Morgan fingerprint density at radius 1 is 0.617 bits per heavy atom. The molecule has 240 valence electrons. The van der Waals surface area contributed by atoms with E-state index >= 15 is 0 Å². The highest BCUT2D eigenvalue weighted by molar-refractivity contribution is 7.86.